The number of benzene rings is 3. The molecule has 1 amide bonds. The molecule has 0 saturated carbocycles. The molecule has 1 atom stereocenters. The maximum absolute atomic E-state index is 13.5. The molecule has 2 heterocycles. The number of hydrogen-bond acceptors (Lipinski definition) is 4. The molecule has 3 aromatic carbocycles. The lowest BCUT2D eigenvalue weighted by atomic mass is 9.95. The Morgan fingerprint density at radius 2 is 1.79 bits per heavy atom. The Hall–Kier alpha value is -3.48. The molecule has 0 radical (unpaired) electrons. The lowest BCUT2D eigenvalue weighted by Crippen LogP contribution is -2.29. The zero-order chi connectivity index (χ0) is 24.0. The van der Waals surface area contributed by atoms with Gasteiger partial charge in [-0.3, -0.25) is 9.89 Å². The molecule has 0 spiro atoms. The summed E-state index contributed by atoms with van der Waals surface area (Å²) in [6.07, 6.45) is 0. The summed E-state index contributed by atoms with van der Waals surface area (Å²) in [5.74, 6) is 0.614. The number of aromatic amines is 1. The molecule has 1 aliphatic heterocycles. The molecule has 172 valence electrons. The number of aromatic hydroxyl groups is 1. The van der Waals surface area contributed by atoms with Gasteiger partial charge in [-0.05, 0) is 60.0 Å². The first kappa shape index (κ1) is 22.3. The van der Waals surface area contributed by atoms with Gasteiger partial charge in [-0.1, -0.05) is 47.5 Å². The van der Waals surface area contributed by atoms with E-state index in [1.165, 1.54) is 0 Å². The van der Waals surface area contributed by atoms with Gasteiger partial charge in [0.2, 0.25) is 0 Å². The van der Waals surface area contributed by atoms with E-state index in [1.807, 2.05) is 43.3 Å². The van der Waals surface area contributed by atoms with Gasteiger partial charge in [0, 0.05) is 27.7 Å². The standard InChI is InChI=1S/C26H21Cl2N3O3/c1-14-11-21(32)19(12-20(14)28)23-22-24(30-29-23)26(33)31(13-15-3-9-18(34-2)10-4-15)25(22)16-5-7-17(27)8-6-16/h3-12,25,32H,13H2,1-2H3,(H,29,30). The molecule has 0 bridgehead atoms. The van der Waals surface area contributed by atoms with Gasteiger partial charge in [-0.25, -0.2) is 0 Å². The number of H-pyrrole nitrogens is 1. The van der Waals surface area contributed by atoms with Crippen LogP contribution in [-0.2, 0) is 6.54 Å². The first-order chi connectivity index (χ1) is 16.4. The number of hydrogen-bond donors (Lipinski definition) is 2. The average molecular weight is 494 g/mol. The molecule has 1 aliphatic rings. The molecule has 8 heteroatoms. The first-order valence-corrected chi connectivity index (χ1v) is 11.4. The fraction of sp³-hybridized carbons (Fsp3) is 0.154. The van der Waals surface area contributed by atoms with Gasteiger partial charge in [0.1, 0.15) is 22.9 Å². The number of ether oxygens (including phenoxy) is 1. The number of carbonyl (C=O) groups is 1. The number of nitrogens with one attached hydrogen (secondary N) is 1. The number of aryl methyl sites for hydroxylation is 1. The highest BCUT2D eigenvalue weighted by Crippen LogP contribution is 2.46. The van der Waals surface area contributed by atoms with Gasteiger partial charge < -0.3 is 14.7 Å². The number of fused-ring (bicyclic) bond motifs is 1. The van der Waals surface area contributed by atoms with Crippen LogP contribution >= 0.6 is 23.2 Å². The van der Waals surface area contributed by atoms with E-state index in [4.69, 9.17) is 27.9 Å². The van der Waals surface area contributed by atoms with Crippen molar-refractivity contribution in [3.8, 4) is 22.8 Å². The van der Waals surface area contributed by atoms with E-state index in [0.29, 0.717) is 39.1 Å². The van der Waals surface area contributed by atoms with E-state index >= 15 is 0 Å². The summed E-state index contributed by atoms with van der Waals surface area (Å²) in [6.45, 7) is 2.19. The number of nitrogens with zero attached hydrogens (tertiary/aromatic N) is 2. The van der Waals surface area contributed by atoms with Crippen molar-refractivity contribution in [2.24, 2.45) is 0 Å². The highest BCUT2D eigenvalue weighted by atomic mass is 35.5. The molecule has 1 aromatic heterocycles. The monoisotopic (exact) mass is 493 g/mol. The Balaban J connectivity index is 1.64. The zero-order valence-corrected chi connectivity index (χ0v) is 20.0. The molecule has 4 aromatic rings. The third kappa shape index (κ3) is 3.79. The predicted molar refractivity (Wildman–Crippen MR) is 132 cm³/mol. The number of rotatable bonds is 5. The molecule has 0 aliphatic carbocycles. The summed E-state index contributed by atoms with van der Waals surface area (Å²) in [7, 11) is 1.61. The maximum Gasteiger partial charge on any atom is 0.273 e. The van der Waals surface area contributed by atoms with Crippen LogP contribution in [0, 0.1) is 6.92 Å². The van der Waals surface area contributed by atoms with Crippen LogP contribution in [0.5, 0.6) is 11.5 Å². The van der Waals surface area contributed by atoms with Crippen LogP contribution in [0.25, 0.3) is 11.3 Å². The highest BCUT2D eigenvalue weighted by molar-refractivity contribution is 6.31. The Morgan fingerprint density at radius 3 is 2.47 bits per heavy atom. The number of amides is 1. The van der Waals surface area contributed by atoms with Gasteiger partial charge >= 0.3 is 0 Å². The third-order valence-electron chi connectivity index (χ3n) is 6.09. The molecule has 34 heavy (non-hydrogen) atoms. The minimum Gasteiger partial charge on any atom is -0.507 e. The van der Waals surface area contributed by atoms with Crippen molar-refractivity contribution in [3.63, 3.8) is 0 Å². The average Bonchev–Trinajstić information content (AvgIpc) is 3.37. The largest absolute Gasteiger partial charge is 0.507 e. The van der Waals surface area contributed by atoms with Gasteiger partial charge in [-0.15, -0.1) is 0 Å². The van der Waals surface area contributed by atoms with E-state index in [0.717, 1.165) is 22.4 Å². The van der Waals surface area contributed by atoms with Crippen LogP contribution in [0.4, 0.5) is 0 Å². The molecule has 6 nitrogen and oxygen atoms in total. The van der Waals surface area contributed by atoms with Gasteiger partial charge in [0.05, 0.1) is 13.2 Å². The second-order valence-electron chi connectivity index (χ2n) is 8.21. The van der Waals surface area contributed by atoms with Crippen molar-refractivity contribution in [1.29, 1.82) is 0 Å². The molecule has 0 saturated heterocycles. The fourth-order valence-corrected chi connectivity index (χ4v) is 4.63. The first-order valence-electron chi connectivity index (χ1n) is 10.6. The van der Waals surface area contributed by atoms with Crippen LogP contribution in [0.3, 0.4) is 0 Å². The van der Waals surface area contributed by atoms with Crippen molar-refractivity contribution in [2.45, 2.75) is 19.5 Å². The van der Waals surface area contributed by atoms with Crippen LogP contribution in [0.1, 0.15) is 38.8 Å². The summed E-state index contributed by atoms with van der Waals surface area (Å²) in [5, 5.41) is 19.1. The van der Waals surface area contributed by atoms with E-state index in [-0.39, 0.29) is 11.7 Å². The van der Waals surface area contributed by atoms with Crippen molar-refractivity contribution in [2.75, 3.05) is 7.11 Å². The topological polar surface area (TPSA) is 78.5 Å². The maximum atomic E-state index is 13.5. The number of carbonyl (C=O) groups excluding carboxylic acids is 1. The lowest BCUT2D eigenvalue weighted by molar-refractivity contribution is 0.0730. The van der Waals surface area contributed by atoms with E-state index < -0.39 is 6.04 Å². The van der Waals surface area contributed by atoms with E-state index in [9.17, 15) is 9.90 Å². The summed E-state index contributed by atoms with van der Waals surface area (Å²) in [4.78, 5) is 15.3. The second-order valence-corrected chi connectivity index (χ2v) is 9.06. The van der Waals surface area contributed by atoms with Crippen LogP contribution in [0.15, 0.2) is 60.7 Å². The minimum atomic E-state index is -0.435. The van der Waals surface area contributed by atoms with E-state index in [1.54, 1.807) is 36.3 Å². The summed E-state index contributed by atoms with van der Waals surface area (Å²) in [5.41, 5.74) is 4.61. The SMILES string of the molecule is COc1ccc(CN2C(=O)c3[nH]nc(-c4cc(Cl)c(C)cc4O)c3C2c2ccc(Cl)cc2)cc1. The van der Waals surface area contributed by atoms with Crippen LogP contribution in [0.2, 0.25) is 10.0 Å². The predicted octanol–water partition coefficient (Wildman–Crippen LogP) is 6.15. The Bertz CT molecular complexity index is 1380. The smallest absolute Gasteiger partial charge is 0.273 e. The number of methoxy groups -OCH3 is 1. The fourth-order valence-electron chi connectivity index (χ4n) is 4.34. The number of halogens is 2. The normalized spacial score (nSPS) is 15.0. The lowest BCUT2D eigenvalue weighted by Gasteiger charge is -2.26. The van der Waals surface area contributed by atoms with Crippen LogP contribution < -0.4 is 4.74 Å². The molecule has 1 unspecified atom stereocenters. The summed E-state index contributed by atoms with van der Waals surface area (Å²) in [6, 6.07) is 17.8. The van der Waals surface area contributed by atoms with E-state index in [2.05, 4.69) is 10.2 Å². The summed E-state index contributed by atoms with van der Waals surface area (Å²) < 4.78 is 5.25. The zero-order valence-electron chi connectivity index (χ0n) is 18.5. The number of aromatic nitrogens is 2. The molecule has 5 rings (SSSR count). The van der Waals surface area contributed by atoms with Gasteiger partial charge in [0.25, 0.3) is 5.91 Å². The quantitative estimate of drug-likeness (QED) is 0.349. The van der Waals surface area contributed by atoms with Crippen molar-refractivity contribution >= 4 is 29.1 Å². The number of phenols is 1. The van der Waals surface area contributed by atoms with Crippen molar-refractivity contribution in [1.82, 2.24) is 15.1 Å². The second kappa shape index (κ2) is 8.70. The highest BCUT2D eigenvalue weighted by Gasteiger charge is 2.42. The van der Waals surface area contributed by atoms with Crippen molar-refractivity contribution in [3.05, 3.63) is 98.7 Å². The molecule has 2 N–H and O–H groups in total. The Morgan fingerprint density at radius 1 is 1.09 bits per heavy atom. The molecular weight excluding hydrogens is 473 g/mol. The van der Waals surface area contributed by atoms with Gasteiger partial charge in [-0.2, -0.15) is 5.10 Å². The Kier molecular flexibility index (Phi) is 5.71. The minimum absolute atomic E-state index is 0.0482. The summed E-state index contributed by atoms with van der Waals surface area (Å²) >= 11 is 12.5. The van der Waals surface area contributed by atoms with Gasteiger partial charge in [0.15, 0.2) is 0 Å². The van der Waals surface area contributed by atoms with Crippen molar-refractivity contribution < 1.29 is 14.6 Å². The Labute approximate surface area is 206 Å². The molecular formula is C26H21Cl2N3O3. The third-order valence-corrected chi connectivity index (χ3v) is 6.75. The number of phenolic OH excluding ortho intramolecular Hbond substituents is 1. The molecule has 0 fully saturated rings. The van der Waals surface area contributed by atoms with Crippen LogP contribution in [-0.4, -0.2) is 33.2 Å².